The van der Waals surface area contributed by atoms with Crippen molar-refractivity contribution in [3.8, 4) is 11.8 Å². The number of benzene rings is 2. The van der Waals surface area contributed by atoms with E-state index in [0.29, 0.717) is 5.56 Å². The first kappa shape index (κ1) is 14.1. The van der Waals surface area contributed by atoms with Gasteiger partial charge in [0, 0.05) is 10.2 Å². The van der Waals surface area contributed by atoms with Gasteiger partial charge in [-0.2, -0.15) is 5.26 Å². The van der Waals surface area contributed by atoms with Gasteiger partial charge in [-0.25, -0.2) is 4.98 Å². The fourth-order valence-corrected chi connectivity index (χ4v) is 2.82. The molecule has 3 aromatic rings. The van der Waals surface area contributed by atoms with Crippen LogP contribution in [0.4, 0.5) is 0 Å². The molecule has 1 heterocycles. The third-order valence-electron chi connectivity index (χ3n) is 3.23. The highest BCUT2D eigenvalue weighted by Crippen LogP contribution is 2.29. The Labute approximate surface area is 135 Å². The van der Waals surface area contributed by atoms with Crippen molar-refractivity contribution in [2.75, 3.05) is 0 Å². The maximum absolute atomic E-state index is 9.08. The predicted octanol–water partition coefficient (Wildman–Crippen LogP) is 4.96. The molecule has 21 heavy (non-hydrogen) atoms. The van der Waals surface area contributed by atoms with E-state index in [1.807, 2.05) is 47.9 Å². The van der Waals surface area contributed by atoms with Crippen LogP contribution in [0, 0.1) is 11.3 Å². The first-order valence-electron chi connectivity index (χ1n) is 6.42. The number of fused-ring (bicyclic) bond motifs is 1. The molecule has 0 spiro atoms. The van der Waals surface area contributed by atoms with Crippen LogP contribution in [0.15, 0.2) is 46.9 Å². The molecule has 0 aliphatic heterocycles. The average Bonchev–Trinajstić information content (AvgIpc) is 2.86. The summed E-state index contributed by atoms with van der Waals surface area (Å²) >= 11 is 9.74. The second-order valence-electron chi connectivity index (χ2n) is 4.72. The van der Waals surface area contributed by atoms with E-state index >= 15 is 0 Å². The monoisotopic (exact) mass is 359 g/mol. The molecular weight excluding hydrogens is 350 g/mol. The normalized spacial score (nSPS) is 12.3. The lowest BCUT2D eigenvalue weighted by atomic mass is 10.2. The minimum atomic E-state index is -0.234. The standard InChI is InChI=1S/C16H11BrClN3/c1-10(18)16-20-14-8-12(17)5-6-15(14)21(16)13-4-2-3-11(7-13)9-19/h2-8,10H,1H3. The number of alkyl halides is 1. The Morgan fingerprint density at radius 2 is 2.10 bits per heavy atom. The van der Waals surface area contributed by atoms with E-state index in [2.05, 4.69) is 27.0 Å². The molecule has 1 aromatic heterocycles. The quantitative estimate of drug-likeness (QED) is 0.606. The number of hydrogen-bond acceptors (Lipinski definition) is 2. The van der Waals surface area contributed by atoms with Gasteiger partial charge in [0.15, 0.2) is 0 Å². The molecule has 0 fully saturated rings. The van der Waals surface area contributed by atoms with Crippen LogP contribution in [0.3, 0.4) is 0 Å². The minimum absolute atomic E-state index is 0.234. The molecule has 3 nitrogen and oxygen atoms in total. The number of rotatable bonds is 2. The van der Waals surface area contributed by atoms with Gasteiger partial charge in [-0.05, 0) is 43.3 Å². The predicted molar refractivity (Wildman–Crippen MR) is 87.8 cm³/mol. The molecule has 0 bridgehead atoms. The molecule has 0 N–H and O–H groups in total. The molecule has 1 atom stereocenters. The van der Waals surface area contributed by atoms with Crippen molar-refractivity contribution >= 4 is 38.6 Å². The summed E-state index contributed by atoms with van der Waals surface area (Å²) in [5, 5.41) is 8.85. The zero-order valence-corrected chi connectivity index (χ0v) is 13.6. The fourth-order valence-electron chi connectivity index (χ4n) is 2.32. The van der Waals surface area contributed by atoms with Crippen LogP contribution in [0.2, 0.25) is 0 Å². The van der Waals surface area contributed by atoms with Crippen molar-refractivity contribution in [1.29, 1.82) is 5.26 Å². The van der Waals surface area contributed by atoms with Crippen molar-refractivity contribution < 1.29 is 0 Å². The van der Waals surface area contributed by atoms with Gasteiger partial charge in [0.05, 0.1) is 28.0 Å². The maximum atomic E-state index is 9.08. The first-order chi connectivity index (χ1) is 10.1. The fraction of sp³-hybridized carbons (Fsp3) is 0.125. The number of halogens is 2. The van der Waals surface area contributed by atoms with Gasteiger partial charge in [0.2, 0.25) is 0 Å². The van der Waals surface area contributed by atoms with Crippen LogP contribution < -0.4 is 0 Å². The van der Waals surface area contributed by atoms with Crippen LogP contribution in [-0.2, 0) is 0 Å². The van der Waals surface area contributed by atoms with E-state index in [-0.39, 0.29) is 5.38 Å². The number of nitriles is 1. The second-order valence-corrected chi connectivity index (χ2v) is 6.29. The number of aromatic nitrogens is 2. The van der Waals surface area contributed by atoms with Gasteiger partial charge in [0.25, 0.3) is 0 Å². The summed E-state index contributed by atoms with van der Waals surface area (Å²) in [7, 11) is 0. The summed E-state index contributed by atoms with van der Waals surface area (Å²) in [6.45, 7) is 1.89. The Kier molecular flexibility index (Phi) is 3.71. The van der Waals surface area contributed by atoms with Gasteiger partial charge in [-0.3, -0.25) is 4.57 Å². The summed E-state index contributed by atoms with van der Waals surface area (Å²) in [6.07, 6.45) is 0. The SMILES string of the molecule is CC(Cl)c1nc2cc(Br)ccc2n1-c1cccc(C#N)c1. The summed E-state index contributed by atoms with van der Waals surface area (Å²) in [5.41, 5.74) is 3.34. The van der Waals surface area contributed by atoms with Crippen LogP contribution >= 0.6 is 27.5 Å². The lowest BCUT2D eigenvalue weighted by Crippen LogP contribution is -2.02. The van der Waals surface area contributed by atoms with Gasteiger partial charge in [-0.1, -0.05) is 22.0 Å². The Balaban J connectivity index is 2.34. The Hall–Kier alpha value is -1.83. The zero-order chi connectivity index (χ0) is 15.0. The average molecular weight is 361 g/mol. The first-order valence-corrected chi connectivity index (χ1v) is 7.65. The van der Waals surface area contributed by atoms with Crippen LogP contribution in [0.1, 0.15) is 23.7 Å². The van der Waals surface area contributed by atoms with Crippen molar-refractivity contribution in [2.24, 2.45) is 0 Å². The van der Waals surface area contributed by atoms with Crippen LogP contribution in [0.25, 0.3) is 16.7 Å². The summed E-state index contributed by atoms with van der Waals surface area (Å²) in [4.78, 5) is 4.62. The summed E-state index contributed by atoms with van der Waals surface area (Å²) in [6, 6.07) is 15.5. The van der Waals surface area contributed by atoms with Crippen LogP contribution in [-0.4, -0.2) is 9.55 Å². The summed E-state index contributed by atoms with van der Waals surface area (Å²) in [5.74, 6) is 0.764. The number of imidazole rings is 1. The largest absolute Gasteiger partial charge is 0.295 e. The Morgan fingerprint density at radius 1 is 1.29 bits per heavy atom. The topological polar surface area (TPSA) is 41.6 Å². The third kappa shape index (κ3) is 2.55. The van der Waals surface area contributed by atoms with E-state index in [9.17, 15) is 0 Å². The minimum Gasteiger partial charge on any atom is -0.295 e. The van der Waals surface area contributed by atoms with E-state index in [1.54, 1.807) is 6.07 Å². The lowest BCUT2D eigenvalue weighted by Gasteiger charge is -2.10. The van der Waals surface area contributed by atoms with Crippen molar-refractivity contribution in [1.82, 2.24) is 9.55 Å². The summed E-state index contributed by atoms with van der Waals surface area (Å²) < 4.78 is 2.97. The van der Waals surface area contributed by atoms with Gasteiger partial charge in [0.1, 0.15) is 5.82 Å². The highest BCUT2D eigenvalue weighted by Gasteiger charge is 2.16. The molecule has 2 aromatic carbocycles. The Morgan fingerprint density at radius 3 is 2.81 bits per heavy atom. The van der Waals surface area contributed by atoms with E-state index in [1.165, 1.54) is 0 Å². The van der Waals surface area contributed by atoms with Crippen molar-refractivity contribution in [3.05, 3.63) is 58.3 Å². The molecule has 3 rings (SSSR count). The molecule has 5 heteroatoms. The van der Waals surface area contributed by atoms with E-state index in [4.69, 9.17) is 16.9 Å². The number of nitrogens with zero attached hydrogens (tertiary/aromatic N) is 3. The maximum Gasteiger partial charge on any atom is 0.132 e. The third-order valence-corrected chi connectivity index (χ3v) is 3.92. The second kappa shape index (κ2) is 5.51. The smallest absolute Gasteiger partial charge is 0.132 e. The molecule has 0 radical (unpaired) electrons. The molecule has 104 valence electrons. The lowest BCUT2D eigenvalue weighted by molar-refractivity contribution is 0.882. The highest BCUT2D eigenvalue weighted by molar-refractivity contribution is 9.10. The van der Waals surface area contributed by atoms with Gasteiger partial charge < -0.3 is 0 Å². The van der Waals surface area contributed by atoms with Gasteiger partial charge >= 0.3 is 0 Å². The zero-order valence-electron chi connectivity index (χ0n) is 11.2. The molecule has 0 saturated heterocycles. The van der Waals surface area contributed by atoms with Crippen molar-refractivity contribution in [2.45, 2.75) is 12.3 Å². The van der Waals surface area contributed by atoms with E-state index in [0.717, 1.165) is 27.0 Å². The molecule has 0 amide bonds. The molecule has 0 saturated carbocycles. The number of hydrogen-bond donors (Lipinski definition) is 0. The molecule has 1 unspecified atom stereocenters. The highest BCUT2D eigenvalue weighted by atomic mass is 79.9. The molecular formula is C16H11BrClN3. The van der Waals surface area contributed by atoms with Crippen LogP contribution in [0.5, 0.6) is 0 Å². The Bertz CT molecular complexity index is 862. The van der Waals surface area contributed by atoms with Crippen molar-refractivity contribution in [3.63, 3.8) is 0 Å². The van der Waals surface area contributed by atoms with E-state index < -0.39 is 0 Å². The van der Waals surface area contributed by atoms with Gasteiger partial charge in [-0.15, -0.1) is 11.6 Å². The molecule has 0 aliphatic carbocycles. The molecule has 0 aliphatic rings.